The van der Waals surface area contributed by atoms with Crippen LogP contribution in [0.4, 0.5) is 20.6 Å². The molecule has 1 amide bonds. The SMILES string of the molecule is COC(C)(C)CC(C)Nc1ccc(F)c(NC(=O)OC(C)(C)C)c1. The number of nitrogens with one attached hydrogen (secondary N) is 2. The number of methoxy groups -OCH3 is 1. The molecule has 0 aliphatic carbocycles. The van der Waals surface area contributed by atoms with Crippen molar-refractivity contribution in [1.29, 1.82) is 0 Å². The third kappa shape index (κ3) is 7.17. The fraction of sp³-hybridized carbons (Fsp3) is 0.611. The summed E-state index contributed by atoms with van der Waals surface area (Å²) in [4.78, 5) is 11.8. The van der Waals surface area contributed by atoms with Crippen molar-refractivity contribution in [1.82, 2.24) is 0 Å². The fourth-order valence-electron chi connectivity index (χ4n) is 2.28. The number of benzene rings is 1. The molecule has 6 heteroatoms. The molecular weight excluding hydrogens is 311 g/mol. The van der Waals surface area contributed by atoms with Gasteiger partial charge in [0, 0.05) is 18.8 Å². The fourth-order valence-corrected chi connectivity index (χ4v) is 2.28. The first kappa shape index (κ1) is 20.2. The topological polar surface area (TPSA) is 59.6 Å². The van der Waals surface area contributed by atoms with E-state index in [1.807, 2.05) is 20.8 Å². The van der Waals surface area contributed by atoms with Crippen LogP contribution >= 0.6 is 0 Å². The molecule has 0 aromatic heterocycles. The maximum atomic E-state index is 13.9. The van der Waals surface area contributed by atoms with Crippen LogP contribution in [0.3, 0.4) is 0 Å². The van der Waals surface area contributed by atoms with Gasteiger partial charge in [0.2, 0.25) is 0 Å². The molecule has 0 fully saturated rings. The number of anilines is 2. The minimum atomic E-state index is -0.688. The minimum absolute atomic E-state index is 0.0763. The van der Waals surface area contributed by atoms with E-state index in [4.69, 9.17) is 9.47 Å². The summed E-state index contributed by atoms with van der Waals surface area (Å²) in [6.07, 6.45) is 0.0857. The van der Waals surface area contributed by atoms with Crippen LogP contribution in [0.25, 0.3) is 0 Å². The average molecular weight is 340 g/mol. The summed E-state index contributed by atoms with van der Waals surface area (Å²) in [5.41, 5.74) is -0.116. The molecule has 0 bridgehead atoms. The number of carbonyl (C=O) groups is 1. The maximum Gasteiger partial charge on any atom is 0.412 e. The van der Waals surface area contributed by atoms with Gasteiger partial charge in [-0.3, -0.25) is 5.32 Å². The molecule has 0 spiro atoms. The normalized spacial score (nSPS) is 13.3. The lowest BCUT2D eigenvalue weighted by Gasteiger charge is -2.27. The Hall–Kier alpha value is -1.82. The highest BCUT2D eigenvalue weighted by Crippen LogP contribution is 2.23. The van der Waals surface area contributed by atoms with Crippen molar-refractivity contribution >= 4 is 17.5 Å². The molecule has 1 unspecified atom stereocenters. The van der Waals surface area contributed by atoms with Crippen molar-refractivity contribution in [2.24, 2.45) is 0 Å². The Morgan fingerprint density at radius 2 is 1.88 bits per heavy atom. The van der Waals surface area contributed by atoms with E-state index in [-0.39, 0.29) is 17.3 Å². The molecule has 1 aromatic rings. The molecule has 0 radical (unpaired) electrons. The lowest BCUT2D eigenvalue weighted by Crippen LogP contribution is -2.31. The Balaban J connectivity index is 2.77. The summed E-state index contributed by atoms with van der Waals surface area (Å²) in [7, 11) is 1.67. The number of rotatable bonds is 6. The highest BCUT2D eigenvalue weighted by Gasteiger charge is 2.21. The van der Waals surface area contributed by atoms with Crippen molar-refractivity contribution in [3.05, 3.63) is 24.0 Å². The predicted octanol–water partition coefficient (Wildman–Crippen LogP) is 4.79. The molecule has 0 aliphatic rings. The number of carbonyl (C=O) groups excluding carboxylic acids is 1. The third-order valence-electron chi connectivity index (χ3n) is 3.37. The third-order valence-corrected chi connectivity index (χ3v) is 3.37. The van der Waals surface area contributed by atoms with E-state index in [1.54, 1.807) is 40.0 Å². The van der Waals surface area contributed by atoms with Crippen LogP contribution in [0, 0.1) is 5.82 Å². The van der Waals surface area contributed by atoms with Gasteiger partial charge in [-0.15, -0.1) is 0 Å². The van der Waals surface area contributed by atoms with Gasteiger partial charge in [0.1, 0.15) is 11.4 Å². The largest absolute Gasteiger partial charge is 0.444 e. The summed E-state index contributed by atoms with van der Waals surface area (Å²) in [6.45, 7) is 11.3. The average Bonchev–Trinajstić information content (AvgIpc) is 2.39. The second-order valence-electron chi connectivity index (χ2n) is 7.53. The number of hydrogen-bond donors (Lipinski definition) is 2. The van der Waals surface area contributed by atoms with Crippen molar-refractivity contribution in [3.8, 4) is 0 Å². The van der Waals surface area contributed by atoms with E-state index in [1.165, 1.54) is 6.07 Å². The Kier molecular flexibility index (Phi) is 6.60. The molecule has 1 atom stereocenters. The molecule has 24 heavy (non-hydrogen) atoms. The lowest BCUT2D eigenvalue weighted by molar-refractivity contribution is 0.0128. The Morgan fingerprint density at radius 1 is 1.25 bits per heavy atom. The van der Waals surface area contributed by atoms with Gasteiger partial charge in [-0.1, -0.05) is 0 Å². The van der Waals surface area contributed by atoms with Crippen molar-refractivity contribution in [2.75, 3.05) is 17.7 Å². The van der Waals surface area contributed by atoms with Crippen LogP contribution in [0.1, 0.15) is 48.0 Å². The number of halogens is 1. The van der Waals surface area contributed by atoms with Gasteiger partial charge in [0.05, 0.1) is 11.3 Å². The summed E-state index contributed by atoms with van der Waals surface area (Å²) in [6, 6.07) is 4.60. The minimum Gasteiger partial charge on any atom is -0.444 e. The van der Waals surface area contributed by atoms with E-state index in [9.17, 15) is 9.18 Å². The molecule has 0 saturated carbocycles. The zero-order chi connectivity index (χ0) is 18.5. The van der Waals surface area contributed by atoms with Crippen LogP contribution in [-0.2, 0) is 9.47 Å². The van der Waals surface area contributed by atoms with Crippen LogP contribution in [0.15, 0.2) is 18.2 Å². The maximum absolute atomic E-state index is 13.9. The Bertz CT molecular complexity index is 568. The first-order valence-corrected chi connectivity index (χ1v) is 8.03. The second-order valence-corrected chi connectivity index (χ2v) is 7.53. The van der Waals surface area contributed by atoms with Crippen LogP contribution < -0.4 is 10.6 Å². The van der Waals surface area contributed by atoms with E-state index < -0.39 is 17.5 Å². The monoisotopic (exact) mass is 340 g/mol. The summed E-state index contributed by atoms with van der Waals surface area (Å²) in [5.74, 6) is -0.517. The predicted molar refractivity (Wildman–Crippen MR) is 95.0 cm³/mol. The highest BCUT2D eigenvalue weighted by molar-refractivity contribution is 5.85. The van der Waals surface area contributed by atoms with E-state index in [0.29, 0.717) is 5.69 Å². The molecule has 0 aliphatic heterocycles. The molecule has 136 valence electrons. The van der Waals surface area contributed by atoms with Crippen LogP contribution in [0.5, 0.6) is 0 Å². The molecule has 1 aromatic carbocycles. The van der Waals surface area contributed by atoms with Gasteiger partial charge in [0.25, 0.3) is 0 Å². The molecule has 1 rings (SSSR count). The van der Waals surface area contributed by atoms with Gasteiger partial charge < -0.3 is 14.8 Å². The standard InChI is InChI=1S/C18H29FN2O3/c1-12(11-18(5,6)23-7)20-13-8-9-14(19)15(10-13)21-16(22)24-17(2,3)4/h8-10,12,20H,11H2,1-7H3,(H,21,22). The zero-order valence-electron chi connectivity index (χ0n) is 15.6. The van der Waals surface area contributed by atoms with Gasteiger partial charge >= 0.3 is 6.09 Å². The summed E-state index contributed by atoms with van der Waals surface area (Å²) >= 11 is 0. The lowest BCUT2D eigenvalue weighted by atomic mass is 9.99. The Morgan fingerprint density at radius 3 is 2.42 bits per heavy atom. The van der Waals surface area contributed by atoms with Gasteiger partial charge in [-0.05, 0) is 66.2 Å². The molecule has 0 heterocycles. The zero-order valence-corrected chi connectivity index (χ0v) is 15.6. The van der Waals surface area contributed by atoms with E-state index in [2.05, 4.69) is 10.6 Å². The van der Waals surface area contributed by atoms with Crippen molar-refractivity contribution in [3.63, 3.8) is 0 Å². The number of hydrogen-bond acceptors (Lipinski definition) is 4. The molecular formula is C18H29FN2O3. The Labute approximate surface area is 143 Å². The second kappa shape index (κ2) is 7.83. The highest BCUT2D eigenvalue weighted by atomic mass is 19.1. The number of ether oxygens (including phenoxy) is 2. The summed E-state index contributed by atoms with van der Waals surface area (Å²) < 4.78 is 24.5. The van der Waals surface area contributed by atoms with Crippen molar-refractivity contribution in [2.45, 2.75) is 65.2 Å². The smallest absolute Gasteiger partial charge is 0.412 e. The van der Waals surface area contributed by atoms with Gasteiger partial charge in [-0.2, -0.15) is 0 Å². The first-order chi connectivity index (χ1) is 10.9. The van der Waals surface area contributed by atoms with Gasteiger partial charge in [0.15, 0.2) is 0 Å². The molecule has 5 nitrogen and oxygen atoms in total. The summed E-state index contributed by atoms with van der Waals surface area (Å²) in [5, 5.41) is 5.72. The van der Waals surface area contributed by atoms with Crippen LogP contribution in [0.2, 0.25) is 0 Å². The number of amides is 1. The van der Waals surface area contributed by atoms with Gasteiger partial charge in [-0.25, -0.2) is 9.18 Å². The van der Waals surface area contributed by atoms with E-state index in [0.717, 1.165) is 6.42 Å². The first-order valence-electron chi connectivity index (χ1n) is 8.03. The van der Waals surface area contributed by atoms with Crippen molar-refractivity contribution < 1.29 is 18.7 Å². The van der Waals surface area contributed by atoms with E-state index >= 15 is 0 Å². The molecule has 2 N–H and O–H groups in total. The quantitative estimate of drug-likeness (QED) is 0.782. The van der Waals surface area contributed by atoms with Crippen LogP contribution in [-0.4, -0.2) is 30.4 Å². The molecule has 0 saturated heterocycles.